The molecule has 3 N–H and O–H groups in total. The first-order chi connectivity index (χ1) is 23.4. The van der Waals surface area contributed by atoms with Crippen LogP contribution in [0.4, 0.5) is 11.5 Å². The standard InChI is InChI=1S/C37H45N5O7/c1-8-21(2)35(47-25(6)43)22(3)36(48-26(7)44)37(46)40-28-16-10-9-15-27(28)33(41-30-18-12-14-20-39-30)32(29-17-11-13-19-38-29)34(45)31-23(4)42-49-24(31)5/h9-22,32-36,45H,8H2,1-7H3,(H,39,41)(H,40,46)/t21-,22+,32?,33?,34?,35-,36-/m0/s1. The fraction of sp³-hybridized carbons (Fsp3) is 0.405. The number of esters is 2. The molecular formula is C37H45N5O7. The highest BCUT2D eigenvalue weighted by molar-refractivity contribution is 5.96. The van der Waals surface area contributed by atoms with Crippen LogP contribution in [0.1, 0.15) is 87.4 Å². The Morgan fingerprint density at radius 3 is 2.12 bits per heavy atom. The monoisotopic (exact) mass is 671 g/mol. The maximum atomic E-state index is 14.1. The average Bonchev–Trinajstić information content (AvgIpc) is 3.43. The number of pyridine rings is 2. The van der Waals surface area contributed by atoms with Crippen LogP contribution in [-0.4, -0.2) is 50.3 Å². The predicted molar refractivity (Wildman–Crippen MR) is 183 cm³/mol. The van der Waals surface area contributed by atoms with Crippen LogP contribution >= 0.6 is 0 Å². The van der Waals surface area contributed by atoms with Crippen LogP contribution in [0.3, 0.4) is 0 Å². The van der Waals surface area contributed by atoms with Gasteiger partial charge in [0.15, 0.2) is 6.10 Å². The van der Waals surface area contributed by atoms with E-state index < -0.39 is 54.0 Å². The van der Waals surface area contributed by atoms with Crippen molar-refractivity contribution < 1.29 is 33.5 Å². The fourth-order valence-electron chi connectivity index (χ4n) is 6.15. The van der Waals surface area contributed by atoms with Crippen molar-refractivity contribution in [2.45, 2.75) is 85.2 Å². The van der Waals surface area contributed by atoms with Crippen molar-refractivity contribution in [2.75, 3.05) is 10.6 Å². The number of anilines is 2. The Labute approximate surface area is 286 Å². The van der Waals surface area contributed by atoms with Crippen molar-refractivity contribution >= 4 is 29.4 Å². The van der Waals surface area contributed by atoms with Crippen LogP contribution in [0, 0.1) is 25.7 Å². The minimum Gasteiger partial charge on any atom is -0.462 e. The van der Waals surface area contributed by atoms with Crippen LogP contribution in [0.5, 0.6) is 0 Å². The molecule has 0 radical (unpaired) electrons. The number of aryl methyl sites for hydroxylation is 2. The number of hydrogen-bond donors (Lipinski definition) is 3. The molecule has 0 bridgehead atoms. The molecule has 7 atom stereocenters. The highest BCUT2D eigenvalue weighted by atomic mass is 16.6. The maximum Gasteiger partial charge on any atom is 0.303 e. The first kappa shape index (κ1) is 36.7. The summed E-state index contributed by atoms with van der Waals surface area (Å²) in [5, 5.41) is 22.7. The Kier molecular flexibility index (Phi) is 12.6. The summed E-state index contributed by atoms with van der Waals surface area (Å²) in [7, 11) is 0. The number of aliphatic hydroxyl groups excluding tert-OH is 1. The van der Waals surface area contributed by atoms with E-state index in [0.717, 1.165) is 0 Å². The lowest BCUT2D eigenvalue weighted by molar-refractivity contribution is -0.166. The second kappa shape index (κ2) is 16.8. The largest absolute Gasteiger partial charge is 0.462 e. The van der Waals surface area contributed by atoms with Gasteiger partial charge >= 0.3 is 11.9 Å². The smallest absolute Gasteiger partial charge is 0.303 e. The van der Waals surface area contributed by atoms with E-state index in [1.807, 2.05) is 44.2 Å². The number of carbonyl (C=O) groups is 3. The Balaban J connectivity index is 1.83. The van der Waals surface area contributed by atoms with Crippen LogP contribution in [0.2, 0.25) is 0 Å². The number of aliphatic hydroxyl groups is 1. The van der Waals surface area contributed by atoms with E-state index in [9.17, 15) is 19.5 Å². The minimum absolute atomic E-state index is 0.117. The topological polar surface area (TPSA) is 166 Å². The molecule has 3 aromatic heterocycles. The number of carbonyl (C=O) groups excluding carboxylic acids is 3. The number of ether oxygens (including phenoxy) is 2. The maximum absolute atomic E-state index is 14.1. The average molecular weight is 672 g/mol. The number of nitrogens with zero attached hydrogens (tertiary/aromatic N) is 3. The van der Waals surface area contributed by atoms with Crippen molar-refractivity contribution in [1.82, 2.24) is 15.1 Å². The molecule has 12 heteroatoms. The summed E-state index contributed by atoms with van der Waals surface area (Å²) in [5.41, 5.74) is 2.61. The highest BCUT2D eigenvalue weighted by Crippen LogP contribution is 2.45. The Bertz CT molecular complexity index is 1680. The second-order valence-corrected chi connectivity index (χ2v) is 12.2. The SMILES string of the molecule is CC[C@H](C)[C@H](OC(C)=O)[C@@H](C)[C@H](OC(C)=O)C(=O)Nc1ccccc1C(Nc1ccccn1)C(c1ccccn1)C(O)c1c(C)noc1C. The van der Waals surface area contributed by atoms with Crippen LogP contribution in [-0.2, 0) is 23.9 Å². The molecular weight excluding hydrogens is 626 g/mol. The number of aromatic nitrogens is 3. The minimum atomic E-state index is -1.29. The normalized spacial score (nSPS) is 15.5. The zero-order valence-corrected chi connectivity index (χ0v) is 28.9. The number of hydrogen-bond acceptors (Lipinski definition) is 11. The molecule has 4 rings (SSSR count). The molecule has 4 aromatic rings. The molecule has 49 heavy (non-hydrogen) atoms. The summed E-state index contributed by atoms with van der Waals surface area (Å²) in [6, 6.07) is 17.3. The van der Waals surface area contributed by atoms with Crippen molar-refractivity contribution in [3.63, 3.8) is 0 Å². The van der Waals surface area contributed by atoms with Gasteiger partial charge in [-0.3, -0.25) is 19.4 Å². The third kappa shape index (κ3) is 9.08. The molecule has 260 valence electrons. The van der Waals surface area contributed by atoms with E-state index in [2.05, 4.69) is 25.8 Å². The van der Waals surface area contributed by atoms with Gasteiger partial charge in [0, 0.05) is 49.1 Å². The molecule has 0 fully saturated rings. The summed E-state index contributed by atoms with van der Waals surface area (Å²) >= 11 is 0. The van der Waals surface area contributed by atoms with Crippen LogP contribution < -0.4 is 10.6 Å². The molecule has 3 unspecified atom stereocenters. The van der Waals surface area contributed by atoms with Gasteiger partial charge in [-0.2, -0.15) is 0 Å². The molecule has 0 aliphatic carbocycles. The van der Waals surface area contributed by atoms with E-state index in [0.29, 0.717) is 46.2 Å². The number of amides is 1. The second-order valence-electron chi connectivity index (χ2n) is 12.2. The van der Waals surface area contributed by atoms with Gasteiger partial charge in [-0.05, 0) is 55.7 Å². The van der Waals surface area contributed by atoms with E-state index in [1.165, 1.54) is 13.8 Å². The Hall–Kier alpha value is -5.10. The quantitative estimate of drug-likeness (QED) is 0.123. The third-order valence-corrected chi connectivity index (χ3v) is 8.69. The number of benzene rings is 1. The molecule has 1 amide bonds. The zero-order chi connectivity index (χ0) is 35.7. The lowest BCUT2D eigenvalue weighted by Crippen LogP contribution is -2.45. The van der Waals surface area contributed by atoms with Gasteiger partial charge < -0.3 is 29.7 Å². The van der Waals surface area contributed by atoms with Gasteiger partial charge in [0.05, 0.1) is 23.8 Å². The Morgan fingerprint density at radius 2 is 1.55 bits per heavy atom. The number of para-hydroxylation sites is 1. The summed E-state index contributed by atoms with van der Waals surface area (Å²) in [6.07, 6.45) is 0.837. The van der Waals surface area contributed by atoms with Gasteiger partial charge in [0.1, 0.15) is 17.7 Å². The van der Waals surface area contributed by atoms with Gasteiger partial charge in [0.25, 0.3) is 5.91 Å². The zero-order valence-electron chi connectivity index (χ0n) is 28.9. The molecule has 12 nitrogen and oxygen atoms in total. The van der Waals surface area contributed by atoms with E-state index in [1.54, 1.807) is 63.5 Å². The van der Waals surface area contributed by atoms with Gasteiger partial charge in [0.2, 0.25) is 0 Å². The van der Waals surface area contributed by atoms with Crippen molar-refractivity contribution in [3.8, 4) is 0 Å². The fourth-order valence-corrected chi connectivity index (χ4v) is 6.15. The molecule has 0 spiro atoms. The van der Waals surface area contributed by atoms with Gasteiger partial charge in [-0.15, -0.1) is 0 Å². The summed E-state index contributed by atoms with van der Waals surface area (Å²) < 4.78 is 16.7. The highest BCUT2D eigenvalue weighted by Gasteiger charge is 2.40. The van der Waals surface area contributed by atoms with Crippen LogP contribution in [0.25, 0.3) is 0 Å². The first-order valence-corrected chi connectivity index (χ1v) is 16.4. The molecule has 1 aromatic carbocycles. The van der Waals surface area contributed by atoms with Crippen molar-refractivity contribution in [2.24, 2.45) is 11.8 Å². The van der Waals surface area contributed by atoms with Crippen LogP contribution in [0.15, 0.2) is 77.6 Å². The lowest BCUT2D eigenvalue weighted by atomic mass is 9.81. The van der Waals surface area contributed by atoms with E-state index >= 15 is 0 Å². The Morgan fingerprint density at radius 1 is 0.898 bits per heavy atom. The van der Waals surface area contributed by atoms with Crippen molar-refractivity contribution in [3.05, 3.63) is 101 Å². The summed E-state index contributed by atoms with van der Waals surface area (Å²) in [5.74, 6) is -2.32. The van der Waals surface area contributed by atoms with E-state index in [-0.39, 0.29) is 5.92 Å². The summed E-state index contributed by atoms with van der Waals surface area (Å²) in [4.78, 5) is 47.6. The first-order valence-electron chi connectivity index (χ1n) is 16.4. The van der Waals surface area contributed by atoms with E-state index in [4.69, 9.17) is 14.0 Å². The lowest BCUT2D eigenvalue weighted by Gasteiger charge is -2.34. The third-order valence-electron chi connectivity index (χ3n) is 8.69. The number of nitrogens with one attached hydrogen (secondary N) is 2. The molecule has 0 saturated carbocycles. The summed E-state index contributed by atoms with van der Waals surface area (Å²) in [6.45, 7) is 11.6. The van der Waals surface area contributed by atoms with Crippen molar-refractivity contribution in [1.29, 1.82) is 0 Å². The molecule has 0 aliphatic heterocycles. The van der Waals surface area contributed by atoms with Gasteiger partial charge in [-0.25, -0.2) is 4.98 Å². The molecule has 0 saturated heterocycles. The van der Waals surface area contributed by atoms with Gasteiger partial charge in [-0.1, -0.05) is 62.7 Å². The number of rotatable bonds is 15. The molecule has 3 heterocycles. The molecule has 0 aliphatic rings. The predicted octanol–water partition coefficient (Wildman–Crippen LogP) is 6.24.